The molecule has 0 saturated heterocycles. The first-order chi connectivity index (χ1) is 12.5. The van der Waals surface area contributed by atoms with Crippen LogP contribution in [0, 0.1) is 4.91 Å². The van der Waals surface area contributed by atoms with Crippen LogP contribution in [0.25, 0.3) is 0 Å². The van der Waals surface area contributed by atoms with Gasteiger partial charge in [-0.2, -0.15) is 4.91 Å². The van der Waals surface area contributed by atoms with Crippen LogP contribution in [0.4, 0.5) is 0 Å². The Balaban J connectivity index is 4.09. The molecule has 0 amide bonds. The van der Waals surface area contributed by atoms with Gasteiger partial charge in [0.05, 0.1) is 12.2 Å². The van der Waals surface area contributed by atoms with E-state index in [-0.39, 0.29) is 18.9 Å². The number of carbonyl (C=O) groups is 1. The topological polar surface area (TPSA) is 107 Å². The summed E-state index contributed by atoms with van der Waals surface area (Å²) in [7, 11) is 0. The van der Waals surface area contributed by atoms with Crippen LogP contribution in [0.3, 0.4) is 0 Å². The number of nitroso groups, excluding NO2 is 1. The molecule has 3 atom stereocenters. The molecule has 0 bridgehead atoms. The van der Waals surface area contributed by atoms with E-state index in [1.54, 1.807) is 42.5 Å². The number of nitrogens with zero attached hydrogens (tertiary/aromatic N) is 1. The van der Waals surface area contributed by atoms with Crippen LogP contribution in [-0.4, -0.2) is 39.5 Å². The second kappa shape index (κ2) is 16.4. The highest BCUT2D eigenvalue weighted by Gasteiger charge is 2.12. The predicted molar refractivity (Wildman–Crippen MR) is 104 cm³/mol. The van der Waals surface area contributed by atoms with Gasteiger partial charge in [-0.3, -0.25) is 4.79 Å². The second-order valence-corrected chi connectivity index (χ2v) is 6.05. The third kappa shape index (κ3) is 14.3. The summed E-state index contributed by atoms with van der Waals surface area (Å²) in [4.78, 5) is 21.1. The summed E-state index contributed by atoms with van der Waals surface area (Å²) in [5.41, 5.74) is 0. The molecule has 0 rings (SSSR count). The number of aliphatic hydroxyl groups is 2. The number of aliphatic carboxylic acids is 1. The average molecular weight is 365 g/mol. The monoisotopic (exact) mass is 365 g/mol. The number of hydrogen-bond donors (Lipinski definition) is 3. The van der Waals surface area contributed by atoms with Crippen molar-refractivity contribution in [3.8, 4) is 0 Å². The third-order valence-electron chi connectivity index (χ3n) is 3.72. The van der Waals surface area contributed by atoms with Crippen molar-refractivity contribution in [3.63, 3.8) is 0 Å². The summed E-state index contributed by atoms with van der Waals surface area (Å²) in [6, 6.07) is -0.284. The lowest BCUT2D eigenvalue weighted by Crippen LogP contribution is -2.23. The molecule has 3 N–H and O–H groups in total. The van der Waals surface area contributed by atoms with E-state index in [1.807, 2.05) is 0 Å². The van der Waals surface area contributed by atoms with E-state index in [2.05, 4.69) is 12.1 Å². The molecular weight excluding hydrogens is 334 g/mol. The summed E-state index contributed by atoms with van der Waals surface area (Å²) >= 11 is 0. The van der Waals surface area contributed by atoms with Crippen LogP contribution >= 0.6 is 0 Å². The summed E-state index contributed by atoms with van der Waals surface area (Å²) in [5, 5.41) is 31.0. The number of carboxylic acid groups (broad SMARTS) is 1. The quantitative estimate of drug-likeness (QED) is 0.232. The lowest BCUT2D eigenvalue weighted by Gasteiger charge is -2.13. The van der Waals surface area contributed by atoms with Crippen LogP contribution < -0.4 is 0 Å². The summed E-state index contributed by atoms with van der Waals surface area (Å²) in [6.07, 6.45) is 16.2. The average Bonchev–Trinajstić information content (AvgIpc) is 2.61. The molecule has 0 aromatic carbocycles. The molecule has 0 fully saturated rings. The highest BCUT2D eigenvalue weighted by Crippen LogP contribution is 2.08. The fourth-order valence-corrected chi connectivity index (χ4v) is 2.18. The lowest BCUT2D eigenvalue weighted by atomic mass is 10.1. The van der Waals surface area contributed by atoms with E-state index in [1.165, 1.54) is 6.08 Å². The van der Waals surface area contributed by atoms with Crippen molar-refractivity contribution < 1.29 is 20.1 Å². The van der Waals surface area contributed by atoms with Gasteiger partial charge in [-0.05, 0) is 19.3 Å². The van der Waals surface area contributed by atoms with E-state index in [0.29, 0.717) is 6.42 Å². The highest BCUT2D eigenvalue weighted by atomic mass is 16.4. The van der Waals surface area contributed by atoms with Crippen molar-refractivity contribution in [1.29, 1.82) is 0 Å². The van der Waals surface area contributed by atoms with E-state index in [4.69, 9.17) is 5.11 Å². The molecule has 146 valence electrons. The van der Waals surface area contributed by atoms with Crippen molar-refractivity contribution in [3.05, 3.63) is 53.5 Å². The minimum absolute atomic E-state index is 0.0230. The standard InChI is InChI=1S/C20H31NO5/c1-2-3-8-12-17(21-26)13-9-6-4-5-7-10-14-18(22)19(23)15-11-16-20(24)25/h4-7,9-10,13-14,17-19,22-23H,2-3,8,11-12,15-16H2,1H3,(H,24,25)/b6-4-,7-5+,13-9+,14-10+/t17-,18-,19+/m1/s1. The molecule has 0 aliphatic rings. The Labute approximate surface area is 155 Å². The summed E-state index contributed by atoms with van der Waals surface area (Å²) < 4.78 is 0. The molecule has 0 unspecified atom stereocenters. The van der Waals surface area contributed by atoms with Crippen molar-refractivity contribution in [2.24, 2.45) is 5.18 Å². The van der Waals surface area contributed by atoms with Gasteiger partial charge in [-0.15, -0.1) is 0 Å². The largest absolute Gasteiger partial charge is 0.481 e. The minimum Gasteiger partial charge on any atom is -0.481 e. The zero-order valence-electron chi connectivity index (χ0n) is 15.4. The first kappa shape index (κ1) is 23.9. The molecule has 0 saturated carbocycles. The van der Waals surface area contributed by atoms with Gasteiger partial charge in [-0.25, -0.2) is 0 Å². The van der Waals surface area contributed by atoms with Gasteiger partial charge >= 0.3 is 5.97 Å². The predicted octanol–water partition coefficient (Wildman–Crippen LogP) is 3.90. The Bertz CT molecular complexity index is 496. The molecule has 0 aromatic rings. The Morgan fingerprint density at radius 2 is 1.54 bits per heavy atom. The second-order valence-electron chi connectivity index (χ2n) is 6.05. The Kier molecular flexibility index (Phi) is 15.1. The van der Waals surface area contributed by atoms with E-state index < -0.39 is 18.2 Å². The molecular formula is C20H31NO5. The normalized spacial score (nSPS) is 16.0. The maximum absolute atomic E-state index is 10.7. The molecule has 26 heavy (non-hydrogen) atoms. The lowest BCUT2D eigenvalue weighted by molar-refractivity contribution is -0.137. The van der Waals surface area contributed by atoms with Gasteiger partial charge in [0.2, 0.25) is 0 Å². The smallest absolute Gasteiger partial charge is 0.303 e. The molecule has 0 heterocycles. The molecule has 0 spiro atoms. The van der Waals surface area contributed by atoms with Crippen LogP contribution in [0.15, 0.2) is 53.8 Å². The highest BCUT2D eigenvalue weighted by molar-refractivity contribution is 5.66. The van der Waals surface area contributed by atoms with Gasteiger partial charge in [0.1, 0.15) is 6.04 Å². The van der Waals surface area contributed by atoms with Gasteiger partial charge in [-0.1, -0.05) is 80.0 Å². The van der Waals surface area contributed by atoms with E-state index in [9.17, 15) is 19.9 Å². The van der Waals surface area contributed by atoms with Crippen molar-refractivity contribution in [2.75, 3.05) is 0 Å². The Morgan fingerprint density at radius 1 is 0.923 bits per heavy atom. The third-order valence-corrected chi connectivity index (χ3v) is 3.72. The number of allylic oxidation sites excluding steroid dienone is 6. The molecule has 6 nitrogen and oxygen atoms in total. The van der Waals surface area contributed by atoms with Gasteiger partial charge < -0.3 is 15.3 Å². The van der Waals surface area contributed by atoms with Crippen molar-refractivity contribution in [1.82, 2.24) is 0 Å². The molecule has 0 aliphatic heterocycles. The maximum atomic E-state index is 10.7. The minimum atomic E-state index is -1.03. The summed E-state index contributed by atoms with van der Waals surface area (Å²) in [5.74, 6) is -0.915. The number of aliphatic hydroxyl groups excluding tert-OH is 2. The zero-order valence-corrected chi connectivity index (χ0v) is 15.4. The van der Waals surface area contributed by atoms with Crippen LogP contribution in [0.2, 0.25) is 0 Å². The van der Waals surface area contributed by atoms with Crippen LogP contribution in [0.5, 0.6) is 0 Å². The van der Waals surface area contributed by atoms with E-state index >= 15 is 0 Å². The first-order valence-corrected chi connectivity index (χ1v) is 9.10. The fourth-order valence-electron chi connectivity index (χ4n) is 2.18. The molecule has 0 aliphatic carbocycles. The molecule has 0 radical (unpaired) electrons. The van der Waals surface area contributed by atoms with Crippen molar-refractivity contribution in [2.45, 2.75) is 70.1 Å². The number of carboxylic acids is 1. The van der Waals surface area contributed by atoms with Crippen LogP contribution in [-0.2, 0) is 4.79 Å². The number of rotatable bonds is 15. The summed E-state index contributed by atoms with van der Waals surface area (Å²) in [6.45, 7) is 2.11. The van der Waals surface area contributed by atoms with Gasteiger partial charge in [0.15, 0.2) is 0 Å². The Hall–Kier alpha value is -2.05. The van der Waals surface area contributed by atoms with Gasteiger partial charge in [0.25, 0.3) is 0 Å². The fraction of sp³-hybridized carbons (Fsp3) is 0.550. The van der Waals surface area contributed by atoms with Crippen molar-refractivity contribution >= 4 is 5.97 Å². The number of hydrogen-bond acceptors (Lipinski definition) is 5. The van der Waals surface area contributed by atoms with Gasteiger partial charge in [0, 0.05) is 6.42 Å². The maximum Gasteiger partial charge on any atom is 0.303 e. The molecule has 6 heteroatoms. The molecule has 0 aromatic heterocycles. The number of unbranched alkanes of at least 4 members (excludes halogenated alkanes) is 2. The SMILES string of the molecule is CCCCC[C@H](/C=C/C=C\C=C\C=C\[C@@H](O)[C@@H](O)CCCC(=O)O)N=O. The van der Waals surface area contributed by atoms with E-state index in [0.717, 1.165) is 25.7 Å². The van der Waals surface area contributed by atoms with Crippen LogP contribution in [0.1, 0.15) is 51.9 Å². The Morgan fingerprint density at radius 3 is 2.12 bits per heavy atom. The zero-order chi connectivity index (χ0) is 19.6. The first-order valence-electron chi connectivity index (χ1n) is 9.10.